The molecule has 1 aliphatic heterocycles. The lowest BCUT2D eigenvalue weighted by Crippen LogP contribution is -2.54. The van der Waals surface area contributed by atoms with E-state index < -0.39 is 58.6 Å². The molecule has 0 saturated carbocycles. The number of unbranched alkanes of at least 4 members (excludes halogenated alkanes) is 1. The molecule has 0 aliphatic carbocycles. The highest BCUT2D eigenvalue weighted by atomic mass is 35.5. The molecule has 1 aliphatic rings. The number of nitrogens with zero attached hydrogens (tertiary/aromatic N) is 2. The second-order valence-electron chi connectivity index (χ2n) is 14.3. The minimum Gasteiger partial charge on any atom is -0.480 e. The Morgan fingerprint density at radius 2 is 1.58 bits per heavy atom. The number of benzene rings is 2. The minimum absolute atomic E-state index is 0.0261. The molecule has 1 saturated heterocycles. The van der Waals surface area contributed by atoms with Crippen molar-refractivity contribution in [2.45, 2.75) is 96.8 Å². The van der Waals surface area contributed by atoms with Crippen LogP contribution in [0, 0.1) is 0 Å². The second kappa shape index (κ2) is 16.0. The van der Waals surface area contributed by atoms with E-state index in [1.165, 1.54) is 12.1 Å². The number of hydrogen-bond donors (Lipinski definition) is 1. The Morgan fingerprint density at radius 3 is 2.12 bits per heavy atom. The van der Waals surface area contributed by atoms with Gasteiger partial charge in [-0.15, -0.1) is 0 Å². The number of ether oxygens (including phenoxy) is 2. The van der Waals surface area contributed by atoms with Crippen molar-refractivity contribution in [1.82, 2.24) is 9.80 Å². The predicted octanol–water partition coefficient (Wildman–Crippen LogP) is 9.32. The summed E-state index contributed by atoms with van der Waals surface area (Å²) >= 11 is 5.86. The van der Waals surface area contributed by atoms with Crippen molar-refractivity contribution in [2.75, 3.05) is 32.4 Å². The molecule has 15 heteroatoms. The van der Waals surface area contributed by atoms with E-state index in [2.05, 4.69) is 0 Å². The lowest BCUT2D eigenvalue weighted by molar-refractivity contribution is -0.142. The lowest BCUT2D eigenvalue weighted by Gasteiger charge is -2.45. The molecule has 1 heterocycles. The van der Waals surface area contributed by atoms with E-state index in [4.69, 9.17) is 25.6 Å². The first kappa shape index (κ1) is 41.3. The van der Waals surface area contributed by atoms with Crippen molar-refractivity contribution < 1.29 is 51.2 Å². The van der Waals surface area contributed by atoms with E-state index in [9.17, 15) is 37.2 Å². The van der Waals surface area contributed by atoms with Crippen LogP contribution < -0.4 is 0 Å². The maximum atomic E-state index is 14.3. The van der Waals surface area contributed by atoms with Gasteiger partial charge in [-0.25, -0.2) is 14.5 Å². The number of carbonyl (C=O) groups is 3. The van der Waals surface area contributed by atoms with Crippen LogP contribution in [0.4, 0.5) is 22.8 Å². The molecule has 2 aromatic rings. The Hall–Kier alpha value is -3.12. The van der Waals surface area contributed by atoms with Crippen LogP contribution >= 0.6 is 19.0 Å². The highest BCUT2D eigenvalue weighted by Crippen LogP contribution is 2.63. The van der Waals surface area contributed by atoms with Crippen LogP contribution in [0.1, 0.15) is 78.9 Å². The van der Waals surface area contributed by atoms with Crippen molar-refractivity contribution in [3.05, 3.63) is 58.6 Å². The summed E-state index contributed by atoms with van der Waals surface area (Å²) in [5.41, 5.74) is -1.32. The number of alkyl halides is 3. The Morgan fingerprint density at radius 1 is 0.980 bits per heavy atom. The number of imide groups is 1. The summed E-state index contributed by atoms with van der Waals surface area (Å²) in [6, 6.07) is 10.5. The van der Waals surface area contributed by atoms with Gasteiger partial charge in [-0.1, -0.05) is 41.9 Å². The van der Waals surface area contributed by atoms with Gasteiger partial charge < -0.3 is 19.1 Å². The van der Waals surface area contributed by atoms with Crippen LogP contribution in [0.5, 0.6) is 0 Å². The van der Waals surface area contributed by atoms with E-state index >= 15 is 0 Å². The van der Waals surface area contributed by atoms with E-state index in [1.54, 1.807) is 72.7 Å². The fourth-order valence-corrected chi connectivity index (χ4v) is 9.01. The summed E-state index contributed by atoms with van der Waals surface area (Å²) < 4.78 is 71.8. The molecule has 2 aromatic carbocycles. The number of halogens is 4. The molecule has 0 aromatic heterocycles. The highest BCUT2D eigenvalue weighted by Gasteiger charge is 2.58. The number of hydrogen-bond acceptors (Lipinski definition) is 8. The molecular formula is C35H47ClF3N2O8P. The summed E-state index contributed by atoms with van der Waals surface area (Å²) in [6.45, 7) is 11.7. The molecule has 10 nitrogen and oxygen atoms in total. The number of carboxylic acid groups (broad SMARTS) is 1. The largest absolute Gasteiger partial charge is 0.480 e. The predicted molar refractivity (Wildman–Crippen MR) is 185 cm³/mol. The van der Waals surface area contributed by atoms with Crippen LogP contribution in [0.25, 0.3) is 11.1 Å². The topological polar surface area (TPSA) is 123 Å². The first-order valence-electron chi connectivity index (χ1n) is 16.4. The standard InChI is InChI=1S/C35H47ClF3N2O8P/c1-8-47-50(46)20-19-40(22-25-13-9-10-14-26(25)24-15-16-28(36)27(21-24)35(37,38)39)23-34(50,29(42)43)17-11-12-18-41(30(44)48-32(2,3)4)31(45)49-33(5,6)7/h9-10,13-16,21H,8,11-12,17-20,22-23H2,1-7H3,(H,42,43). The van der Waals surface area contributed by atoms with Gasteiger partial charge in [0.25, 0.3) is 0 Å². The maximum Gasteiger partial charge on any atom is 0.419 e. The fourth-order valence-electron chi connectivity index (χ4n) is 5.81. The number of carboxylic acids is 1. The zero-order valence-corrected chi connectivity index (χ0v) is 31.2. The average Bonchev–Trinajstić information content (AvgIpc) is 2.97. The molecule has 0 radical (unpaired) electrons. The van der Waals surface area contributed by atoms with Gasteiger partial charge in [0.05, 0.1) is 17.2 Å². The smallest absolute Gasteiger partial charge is 0.419 e. The molecule has 2 atom stereocenters. The van der Waals surface area contributed by atoms with Gasteiger partial charge in [-0.3, -0.25) is 14.3 Å². The zero-order valence-electron chi connectivity index (χ0n) is 29.6. The van der Waals surface area contributed by atoms with Gasteiger partial charge in [0.1, 0.15) is 11.2 Å². The molecule has 3 rings (SSSR count). The fraction of sp³-hybridized carbons (Fsp3) is 0.571. The molecule has 2 unspecified atom stereocenters. The molecular weight excluding hydrogens is 700 g/mol. The molecule has 0 bridgehead atoms. The number of carbonyl (C=O) groups excluding carboxylic acids is 2. The van der Waals surface area contributed by atoms with E-state index in [1.807, 2.05) is 4.90 Å². The maximum absolute atomic E-state index is 14.3. The number of amides is 2. The third-order valence-electron chi connectivity index (χ3n) is 8.03. The average molecular weight is 747 g/mol. The van der Waals surface area contributed by atoms with Crippen molar-refractivity contribution in [3.8, 4) is 11.1 Å². The normalized spacial score (nSPS) is 20.3. The van der Waals surface area contributed by atoms with Gasteiger partial charge in [0, 0.05) is 32.3 Å². The third-order valence-corrected chi connectivity index (χ3v) is 11.7. The lowest BCUT2D eigenvalue weighted by atomic mass is 9.96. The third kappa shape index (κ3) is 10.5. The van der Waals surface area contributed by atoms with Crippen molar-refractivity contribution in [2.24, 2.45) is 0 Å². The zero-order chi connectivity index (χ0) is 37.7. The van der Waals surface area contributed by atoms with Gasteiger partial charge in [0.2, 0.25) is 7.37 Å². The van der Waals surface area contributed by atoms with Crippen LogP contribution in [-0.4, -0.2) is 81.8 Å². The van der Waals surface area contributed by atoms with Crippen molar-refractivity contribution in [1.29, 1.82) is 0 Å². The summed E-state index contributed by atoms with van der Waals surface area (Å²) in [5.74, 6) is -1.31. The molecule has 50 heavy (non-hydrogen) atoms. The second-order valence-corrected chi connectivity index (χ2v) is 17.6. The molecule has 0 spiro atoms. The van der Waals surface area contributed by atoms with Crippen molar-refractivity contribution >= 4 is 37.1 Å². The SMILES string of the molecule is CCOP1(=O)CCN(Cc2ccccc2-c2ccc(Cl)c(C(F)(F)F)c2)CC1(CCCCN(C(=O)OC(C)(C)C)C(=O)OC(C)(C)C)C(=O)O. The Labute approximate surface area is 296 Å². The van der Waals surface area contributed by atoms with Gasteiger partial charge in [-0.2, -0.15) is 13.2 Å². The Balaban J connectivity index is 1.88. The van der Waals surface area contributed by atoms with Crippen LogP contribution in [0.2, 0.25) is 5.02 Å². The Kier molecular flexibility index (Phi) is 13.3. The number of aliphatic carboxylic acids is 1. The van der Waals surface area contributed by atoms with E-state index in [-0.39, 0.29) is 58.2 Å². The first-order chi connectivity index (χ1) is 23.0. The van der Waals surface area contributed by atoms with Crippen LogP contribution in [0.15, 0.2) is 42.5 Å². The van der Waals surface area contributed by atoms with Gasteiger partial charge in [-0.05, 0) is 96.6 Å². The van der Waals surface area contributed by atoms with Crippen molar-refractivity contribution in [3.63, 3.8) is 0 Å². The van der Waals surface area contributed by atoms with E-state index in [0.717, 1.165) is 11.0 Å². The van der Waals surface area contributed by atoms with Crippen LogP contribution in [0.3, 0.4) is 0 Å². The molecule has 2 amide bonds. The van der Waals surface area contributed by atoms with Gasteiger partial charge >= 0.3 is 24.3 Å². The quantitative estimate of drug-likeness (QED) is 0.177. The first-order valence-corrected chi connectivity index (χ1v) is 18.6. The molecule has 1 N–H and O–H groups in total. The van der Waals surface area contributed by atoms with Crippen LogP contribution in [-0.2, 0) is 36.1 Å². The summed E-state index contributed by atoms with van der Waals surface area (Å²) in [6.07, 6.45) is -6.33. The summed E-state index contributed by atoms with van der Waals surface area (Å²) in [4.78, 5) is 41.7. The van der Waals surface area contributed by atoms with E-state index in [0.29, 0.717) is 16.7 Å². The Bertz CT molecular complexity index is 1560. The molecule has 1 fully saturated rings. The monoisotopic (exact) mass is 746 g/mol. The summed E-state index contributed by atoms with van der Waals surface area (Å²) in [7, 11) is -3.79. The van der Waals surface area contributed by atoms with Gasteiger partial charge in [0.15, 0.2) is 5.16 Å². The summed E-state index contributed by atoms with van der Waals surface area (Å²) in [5, 5.41) is 8.43. The highest BCUT2D eigenvalue weighted by molar-refractivity contribution is 7.62. The minimum atomic E-state index is -4.66. The number of rotatable bonds is 11. The molecule has 278 valence electrons.